The maximum absolute atomic E-state index is 10.6. The summed E-state index contributed by atoms with van der Waals surface area (Å²) in [7, 11) is 0. The third kappa shape index (κ3) is 2.85. The van der Waals surface area contributed by atoms with Gasteiger partial charge in [-0.25, -0.2) is 0 Å². The van der Waals surface area contributed by atoms with Crippen LogP contribution in [0.5, 0.6) is 0 Å². The van der Waals surface area contributed by atoms with Crippen molar-refractivity contribution in [2.45, 2.75) is 39.0 Å². The molecule has 2 aromatic rings. The zero-order valence-corrected chi connectivity index (χ0v) is 12.7. The minimum atomic E-state index is -0.397. The highest BCUT2D eigenvalue weighted by Crippen LogP contribution is 2.34. The molecule has 3 rings (SSSR count). The Labute approximate surface area is 126 Å². The molecule has 21 heavy (non-hydrogen) atoms. The topological polar surface area (TPSA) is 36.4 Å². The van der Waals surface area contributed by atoms with Crippen molar-refractivity contribution >= 4 is 0 Å². The lowest BCUT2D eigenvalue weighted by atomic mass is 10.1. The van der Waals surface area contributed by atoms with Crippen LogP contribution in [0.1, 0.15) is 35.5 Å². The molecule has 1 N–H and O–H groups in total. The Kier molecular flexibility index (Phi) is 4.04. The number of aryl methyl sites for hydroxylation is 1. The molecule has 0 amide bonds. The second-order valence-corrected chi connectivity index (χ2v) is 5.75. The van der Waals surface area contributed by atoms with E-state index in [1.807, 2.05) is 37.3 Å². The first-order valence-corrected chi connectivity index (χ1v) is 7.61. The molecular weight excluding hydrogens is 260 g/mol. The lowest BCUT2D eigenvalue weighted by Gasteiger charge is -2.29. The van der Waals surface area contributed by atoms with Gasteiger partial charge in [-0.1, -0.05) is 37.3 Å². The molecule has 1 aromatic carbocycles. The van der Waals surface area contributed by atoms with E-state index in [9.17, 15) is 5.11 Å². The Morgan fingerprint density at radius 3 is 2.71 bits per heavy atom. The first kappa shape index (κ1) is 14.2. The number of benzene rings is 1. The standard InChI is InChI=1S/C18H22N2O/c1-3-20(12-15-9-6-7-13(2)19-15)17-11-14-8-4-5-10-16(14)18(17)21/h4-10,17-18,21H,3,11-12H2,1-2H3. The lowest BCUT2D eigenvalue weighted by Crippen LogP contribution is -2.38. The van der Waals surface area contributed by atoms with E-state index in [0.717, 1.165) is 36.5 Å². The SMILES string of the molecule is CCN(Cc1cccc(C)n1)C1Cc2ccccc2C1O. The van der Waals surface area contributed by atoms with E-state index in [-0.39, 0.29) is 6.04 Å². The van der Waals surface area contributed by atoms with Crippen LogP contribution in [0.25, 0.3) is 0 Å². The fraction of sp³-hybridized carbons (Fsp3) is 0.389. The van der Waals surface area contributed by atoms with Gasteiger partial charge in [0.2, 0.25) is 0 Å². The van der Waals surface area contributed by atoms with Crippen LogP contribution in [0.4, 0.5) is 0 Å². The van der Waals surface area contributed by atoms with Gasteiger partial charge in [-0.05, 0) is 43.1 Å². The molecule has 3 heteroatoms. The summed E-state index contributed by atoms with van der Waals surface area (Å²) in [6, 6.07) is 14.5. The summed E-state index contributed by atoms with van der Waals surface area (Å²) in [5.74, 6) is 0. The Hall–Kier alpha value is -1.71. The number of aliphatic hydroxyl groups excluding tert-OH is 1. The van der Waals surface area contributed by atoms with Crippen LogP contribution in [-0.2, 0) is 13.0 Å². The first-order chi connectivity index (χ1) is 10.2. The highest BCUT2D eigenvalue weighted by atomic mass is 16.3. The molecule has 0 radical (unpaired) electrons. The monoisotopic (exact) mass is 282 g/mol. The predicted octanol–water partition coefficient (Wildman–Crippen LogP) is 2.87. The summed E-state index contributed by atoms with van der Waals surface area (Å²) in [6.07, 6.45) is 0.516. The van der Waals surface area contributed by atoms with E-state index >= 15 is 0 Å². The number of aromatic nitrogens is 1. The van der Waals surface area contributed by atoms with Crippen LogP contribution in [0.2, 0.25) is 0 Å². The average molecular weight is 282 g/mol. The number of hydrogen-bond donors (Lipinski definition) is 1. The van der Waals surface area contributed by atoms with E-state index < -0.39 is 6.10 Å². The summed E-state index contributed by atoms with van der Waals surface area (Å²) in [6.45, 7) is 5.85. The lowest BCUT2D eigenvalue weighted by molar-refractivity contribution is 0.0584. The summed E-state index contributed by atoms with van der Waals surface area (Å²) in [4.78, 5) is 6.91. The molecule has 110 valence electrons. The van der Waals surface area contributed by atoms with Crippen molar-refractivity contribution in [3.8, 4) is 0 Å². The molecule has 0 saturated carbocycles. The van der Waals surface area contributed by atoms with Gasteiger partial charge < -0.3 is 5.11 Å². The third-order valence-electron chi connectivity index (χ3n) is 4.35. The van der Waals surface area contributed by atoms with Crippen molar-refractivity contribution in [2.24, 2.45) is 0 Å². The third-order valence-corrected chi connectivity index (χ3v) is 4.35. The van der Waals surface area contributed by atoms with Crippen LogP contribution in [-0.4, -0.2) is 27.6 Å². The number of pyridine rings is 1. The van der Waals surface area contributed by atoms with Crippen molar-refractivity contribution in [2.75, 3.05) is 6.54 Å². The smallest absolute Gasteiger partial charge is 0.0951 e. The number of likely N-dealkylation sites (N-methyl/N-ethyl adjacent to an activating group) is 1. The van der Waals surface area contributed by atoms with Gasteiger partial charge in [-0.3, -0.25) is 9.88 Å². The van der Waals surface area contributed by atoms with Crippen molar-refractivity contribution in [3.05, 3.63) is 65.0 Å². The number of aliphatic hydroxyl groups is 1. The van der Waals surface area contributed by atoms with E-state index in [2.05, 4.69) is 28.9 Å². The Balaban J connectivity index is 1.79. The van der Waals surface area contributed by atoms with E-state index in [1.54, 1.807) is 0 Å². The molecule has 0 fully saturated rings. The number of hydrogen-bond acceptors (Lipinski definition) is 3. The highest BCUT2D eigenvalue weighted by molar-refractivity contribution is 5.36. The van der Waals surface area contributed by atoms with Crippen LogP contribution in [0.15, 0.2) is 42.5 Å². The molecule has 1 aromatic heterocycles. The molecule has 1 heterocycles. The van der Waals surface area contributed by atoms with Crippen LogP contribution in [0.3, 0.4) is 0 Å². The quantitative estimate of drug-likeness (QED) is 0.936. The largest absolute Gasteiger partial charge is 0.387 e. The summed E-state index contributed by atoms with van der Waals surface area (Å²) >= 11 is 0. The minimum Gasteiger partial charge on any atom is -0.387 e. The molecule has 2 unspecified atom stereocenters. The molecule has 0 aliphatic heterocycles. The van der Waals surface area contributed by atoms with Gasteiger partial charge >= 0.3 is 0 Å². The predicted molar refractivity (Wildman–Crippen MR) is 84.0 cm³/mol. The zero-order chi connectivity index (χ0) is 14.8. The maximum Gasteiger partial charge on any atom is 0.0951 e. The van der Waals surface area contributed by atoms with Crippen molar-refractivity contribution < 1.29 is 5.11 Å². The van der Waals surface area contributed by atoms with Gasteiger partial charge in [0.05, 0.1) is 11.8 Å². The summed E-state index contributed by atoms with van der Waals surface area (Å²) < 4.78 is 0. The van der Waals surface area contributed by atoms with E-state index in [0.29, 0.717) is 0 Å². The Morgan fingerprint density at radius 2 is 2.00 bits per heavy atom. The fourth-order valence-corrected chi connectivity index (χ4v) is 3.24. The summed E-state index contributed by atoms with van der Waals surface area (Å²) in [5, 5.41) is 10.6. The van der Waals surface area contributed by atoms with Gasteiger partial charge in [-0.2, -0.15) is 0 Å². The molecule has 0 spiro atoms. The molecule has 2 atom stereocenters. The molecular formula is C18H22N2O. The van der Waals surface area contributed by atoms with Gasteiger partial charge in [-0.15, -0.1) is 0 Å². The molecule has 0 saturated heterocycles. The second kappa shape index (κ2) is 5.96. The van der Waals surface area contributed by atoms with Crippen molar-refractivity contribution in [1.82, 2.24) is 9.88 Å². The minimum absolute atomic E-state index is 0.148. The zero-order valence-electron chi connectivity index (χ0n) is 12.7. The van der Waals surface area contributed by atoms with Crippen molar-refractivity contribution in [3.63, 3.8) is 0 Å². The average Bonchev–Trinajstić information content (AvgIpc) is 2.82. The molecule has 3 nitrogen and oxygen atoms in total. The Morgan fingerprint density at radius 1 is 1.19 bits per heavy atom. The second-order valence-electron chi connectivity index (χ2n) is 5.75. The number of rotatable bonds is 4. The normalized spacial score (nSPS) is 20.8. The van der Waals surface area contributed by atoms with Crippen LogP contribution >= 0.6 is 0 Å². The van der Waals surface area contributed by atoms with E-state index in [4.69, 9.17) is 0 Å². The fourth-order valence-electron chi connectivity index (χ4n) is 3.24. The number of nitrogens with zero attached hydrogens (tertiary/aromatic N) is 2. The van der Waals surface area contributed by atoms with Gasteiger partial charge in [0.15, 0.2) is 0 Å². The maximum atomic E-state index is 10.6. The van der Waals surface area contributed by atoms with Crippen molar-refractivity contribution in [1.29, 1.82) is 0 Å². The number of fused-ring (bicyclic) bond motifs is 1. The van der Waals surface area contributed by atoms with E-state index in [1.165, 1.54) is 5.56 Å². The van der Waals surface area contributed by atoms with Gasteiger partial charge in [0, 0.05) is 18.3 Å². The Bertz CT molecular complexity index is 626. The molecule has 1 aliphatic rings. The van der Waals surface area contributed by atoms with Crippen LogP contribution < -0.4 is 0 Å². The first-order valence-electron chi connectivity index (χ1n) is 7.61. The van der Waals surface area contributed by atoms with Crippen LogP contribution in [0, 0.1) is 6.92 Å². The summed E-state index contributed by atoms with van der Waals surface area (Å²) in [5.41, 5.74) is 4.46. The van der Waals surface area contributed by atoms with Gasteiger partial charge in [0.1, 0.15) is 0 Å². The highest BCUT2D eigenvalue weighted by Gasteiger charge is 2.34. The molecule has 0 bridgehead atoms. The van der Waals surface area contributed by atoms with Gasteiger partial charge in [0.25, 0.3) is 0 Å². The molecule has 1 aliphatic carbocycles.